The van der Waals surface area contributed by atoms with Gasteiger partial charge in [-0.25, -0.2) is 9.97 Å². The monoisotopic (exact) mass is 914 g/mol. The lowest BCUT2D eigenvalue weighted by Crippen LogP contribution is -1.99. The summed E-state index contributed by atoms with van der Waals surface area (Å²) in [5, 5.41) is 13.0. The molecule has 15 aromatic rings. The van der Waals surface area contributed by atoms with Gasteiger partial charge in [-0.15, -0.1) is 0 Å². The zero-order valence-electron chi connectivity index (χ0n) is 39.0. The van der Waals surface area contributed by atoms with Gasteiger partial charge in [0.25, 0.3) is 0 Å². The van der Waals surface area contributed by atoms with Crippen LogP contribution in [0.3, 0.4) is 0 Å². The quantitative estimate of drug-likeness (QED) is 0.167. The molecule has 0 aliphatic heterocycles. The summed E-state index contributed by atoms with van der Waals surface area (Å²) in [6.07, 6.45) is 0. The van der Waals surface area contributed by atoms with Crippen LogP contribution in [0.15, 0.2) is 255 Å². The second-order valence-corrected chi connectivity index (χ2v) is 18.9. The van der Waals surface area contributed by atoms with E-state index in [1.165, 1.54) is 54.1 Å². The van der Waals surface area contributed by atoms with E-state index in [1.54, 1.807) is 0 Å². The maximum atomic E-state index is 5.58. The third-order valence-corrected chi connectivity index (χ3v) is 14.8. The van der Waals surface area contributed by atoms with Crippen LogP contribution in [-0.4, -0.2) is 19.1 Å². The third kappa shape index (κ3) is 6.19. The summed E-state index contributed by atoms with van der Waals surface area (Å²) in [5.74, 6) is 0.687. The molecule has 0 spiro atoms. The molecule has 0 atom stereocenters. The highest BCUT2D eigenvalue weighted by molar-refractivity contribution is 6.22. The lowest BCUT2D eigenvalue weighted by molar-refractivity contribution is 1.18. The van der Waals surface area contributed by atoms with Gasteiger partial charge in [0.2, 0.25) is 0 Å². The molecule has 0 fully saturated rings. The predicted molar refractivity (Wildman–Crippen MR) is 302 cm³/mol. The Kier molecular flexibility index (Phi) is 8.92. The van der Waals surface area contributed by atoms with E-state index in [0.717, 1.165) is 83.2 Å². The maximum absolute atomic E-state index is 5.58. The molecule has 12 aromatic carbocycles. The van der Waals surface area contributed by atoms with Gasteiger partial charge in [-0.05, 0) is 104 Å². The number of fused-ring (bicyclic) bond motifs is 11. The smallest absolute Gasteiger partial charge is 0.160 e. The van der Waals surface area contributed by atoms with Crippen molar-refractivity contribution in [3.63, 3.8) is 0 Å². The largest absolute Gasteiger partial charge is 0.309 e. The Bertz CT molecular complexity index is 4620. The fourth-order valence-corrected chi connectivity index (χ4v) is 11.6. The van der Waals surface area contributed by atoms with Gasteiger partial charge in [0, 0.05) is 48.8 Å². The van der Waals surface area contributed by atoms with Crippen LogP contribution in [0, 0.1) is 0 Å². The van der Waals surface area contributed by atoms with Crippen LogP contribution >= 0.6 is 0 Å². The van der Waals surface area contributed by atoms with Crippen molar-refractivity contribution in [1.29, 1.82) is 0 Å². The molecule has 0 N–H and O–H groups in total. The van der Waals surface area contributed by atoms with Crippen LogP contribution in [0.4, 0.5) is 0 Å². The van der Waals surface area contributed by atoms with Crippen LogP contribution in [-0.2, 0) is 0 Å². The average molecular weight is 915 g/mol. The molecule has 334 valence electrons. The van der Waals surface area contributed by atoms with Crippen LogP contribution in [0.25, 0.3) is 143 Å². The van der Waals surface area contributed by atoms with Gasteiger partial charge in [0.05, 0.1) is 44.7 Å². The molecule has 0 aliphatic rings. The van der Waals surface area contributed by atoms with Crippen molar-refractivity contribution in [3.05, 3.63) is 255 Å². The molecule has 15 rings (SSSR count). The summed E-state index contributed by atoms with van der Waals surface area (Å²) in [5.41, 5.74) is 15.3. The van der Waals surface area contributed by atoms with Gasteiger partial charge in [-0.2, -0.15) is 0 Å². The highest BCUT2D eigenvalue weighted by Crippen LogP contribution is 2.45. The number of hydrogen-bond donors (Lipinski definition) is 0. The second-order valence-electron chi connectivity index (χ2n) is 18.9. The maximum Gasteiger partial charge on any atom is 0.160 e. The average Bonchev–Trinajstić information content (AvgIpc) is 3.97. The van der Waals surface area contributed by atoms with Crippen molar-refractivity contribution in [1.82, 2.24) is 19.1 Å². The molecule has 0 aliphatic carbocycles. The minimum Gasteiger partial charge on any atom is -0.309 e. The van der Waals surface area contributed by atoms with Crippen LogP contribution in [0.1, 0.15) is 0 Å². The number of hydrogen-bond acceptors (Lipinski definition) is 2. The van der Waals surface area contributed by atoms with Gasteiger partial charge in [0.1, 0.15) is 0 Å². The normalized spacial score (nSPS) is 11.9. The fraction of sp³-hybridized carbons (Fsp3) is 0. The molecule has 0 bridgehead atoms. The molecule has 0 amide bonds. The first-order valence-electron chi connectivity index (χ1n) is 24.6. The molecule has 0 saturated carbocycles. The zero-order chi connectivity index (χ0) is 47.3. The van der Waals surface area contributed by atoms with Gasteiger partial charge in [-0.3, -0.25) is 0 Å². The lowest BCUT2D eigenvalue weighted by atomic mass is 9.95. The Morgan fingerprint density at radius 2 is 0.875 bits per heavy atom. The molecule has 4 nitrogen and oxygen atoms in total. The molecule has 4 heteroatoms. The zero-order valence-corrected chi connectivity index (χ0v) is 39.0. The number of rotatable bonds is 6. The van der Waals surface area contributed by atoms with E-state index in [0.29, 0.717) is 5.82 Å². The minimum absolute atomic E-state index is 0.687. The van der Waals surface area contributed by atoms with Crippen molar-refractivity contribution in [2.45, 2.75) is 0 Å². The summed E-state index contributed by atoms with van der Waals surface area (Å²) >= 11 is 0. The number of benzene rings is 12. The summed E-state index contributed by atoms with van der Waals surface area (Å²) in [7, 11) is 0. The highest BCUT2D eigenvalue weighted by Gasteiger charge is 2.24. The summed E-state index contributed by atoms with van der Waals surface area (Å²) in [6, 6.07) is 92.4. The Morgan fingerprint density at radius 3 is 1.64 bits per heavy atom. The highest BCUT2D eigenvalue weighted by atomic mass is 15.0. The molecule has 0 saturated heterocycles. The van der Waals surface area contributed by atoms with Crippen LogP contribution < -0.4 is 0 Å². The molecule has 0 radical (unpaired) electrons. The first kappa shape index (κ1) is 40.3. The molecule has 0 unspecified atom stereocenters. The topological polar surface area (TPSA) is 35.6 Å². The molecular formula is C68H42N4. The number of aromatic nitrogens is 4. The van der Waals surface area contributed by atoms with E-state index in [1.807, 2.05) is 0 Å². The van der Waals surface area contributed by atoms with E-state index in [2.05, 4.69) is 264 Å². The molecule has 72 heavy (non-hydrogen) atoms. The third-order valence-electron chi connectivity index (χ3n) is 14.8. The van der Waals surface area contributed by atoms with Crippen molar-refractivity contribution < 1.29 is 0 Å². The van der Waals surface area contributed by atoms with Gasteiger partial charge < -0.3 is 9.13 Å². The number of para-hydroxylation sites is 2. The predicted octanol–water partition coefficient (Wildman–Crippen LogP) is 18.0. The molecular weight excluding hydrogens is 873 g/mol. The Labute approximate surface area is 415 Å². The van der Waals surface area contributed by atoms with Gasteiger partial charge in [-0.1, -0.05) is 194 Å². The Balaban J connectivity index is 0.989. The van der Waals surface area contributed by atoms with E-state index in [4.69, 9.17) is 9.97 Å². The number of nitrogens with zero attached hydrogens (tertiary/aromatic N) is 4. The van der Waals surface area contributed by atoms with Gasteiger partial charge >= 0.3 is 0 Å². The van der Waals surface area contributed by atoms with Crippen LogP contribution in [0.5, 0.6) is 0 Å². The molecule has 3 aromatic heterocycles. The minimum atomic E-state index is 0.687. The standard InChI is InChI=1S/C68H42N4/c1-3-18-43(19-4-1)48-38-49(44-20-5-2-6-21-44)40-50(39-48)68-69-59-30-15-13-29-57(59)66(70-68)55-36-37-61(53-27-12-11-26-52(53)55)71-62-32-17-33-63(65(62)58-41-46-23-7-8-24-47(46)42-64(58)71)72-60-31-16-14-28-54(60)56-35-34-45-22-9-10-25-51(45)67(56)72/h1-42H. The van der Waals surface area contributed by atoms with Gasteiger partial charge in [0.15, 0.2) is 5.82 Å². The van der Waals surface area contributed by atoms with E-state index >= 15 is 0 Å². The summed E-state index contributed by atoms with van der Waals surface area (Å²) in [4.78, 5) is 10.9. The van der Waals surface area contributed by atoms with Crippen molar-refractivity contribution in [2.24, 2.45) is 0 Å². The van der Waals surface area contributed by atoms with E-state index in [-0.39, 0.29) is 0 Å². The van der Waals surface area contributed by atoms with Crippen molar-refractivity contribution in [2.75, 3.05) is 0 Å². The SMILES string of the molecule is c1ccc(-c2cc(-c3ccccc3)cc(-c3nc(-c4ccc(-n5c6cc7ccccc7cc6c6c(-n7c8ccccc8c8ccc9ccccc9c87)cccc65)c5ccccc45)c4ccccc4n3)c2)cc1. The first-order chi connectivity index (χ1) is 35.7. The second kappa shape index (κ2) is 16.0. The molecule has 3 heterocycles. The van der Waals surface area contributed by atoms with Crippen molar-refractivity contribution in [3.8, 4) is 56.3 Å². The first-order valence-corrected chi connectivity index (χ1v) is 24.6. The lowest BCUT2D eigenvalue weighted by Gasteiger charge is -2.17. The summed E-state index contributed by atoms with van der Waals surface area (Å²) in [6.45, 7) is 0. The fourth-order valence-electron chi connectivity index (χ4n) is 11.6. The Hall–Kier alpha value is -9.64. The van der Waals surface area contributed by atoms with E-state index in [9.17, 15) is 0 Å². The van der Waals surface area contributed by atoms with E-state index < -0.39 is 0 Å². The van der Waals surface area contributed by atoms with Crippen LogP contribution in [0.2, 0.25) is 0 Å². The Morgan fingerprint density at radius 1 is 0.278 bits per heavy atom. The summed E-state index contributed by atoms with van der Waals surface area (Å²) < 4.78 is 5.02. The van der Waals surface area contributed by atoms with Crippen molar-refractivity contribution >= 4 is 86.8 Å².